The fourth-order valence-electron chi connectivity index (χ4n) is 2.51. The van der Waals surface area contributed by atoms with Crippen LogP contribution in [0.5, 0.6) is 0 Å². The van der Waals surface area contributed by atoms with Gasteiger partial charge in [0.25, 0.3) is 0 Å². The molecule has 2 aromatic heterocycles. The van der Waals surface area contributed by atoms with E-state index in [9.17, 15) is 4.79 Å². The average molecular weight is 260 g/mol. The van der Waals surface area contributed by atoms with E-state index in [0.29, 0.717) is 5.69 Å². The number of aromatic nitrogens is 2. The van der Waals surface area contributed by atoms with E-state index < -0.39 is 0 Å². The zero-order chi connectivity index (χ0) is 13.2. The van der Waals surface area contributed by atoms with Gasteiger partial charge in [0, 0.05) is 6.61 Å². The summed E-state index contributed by atoms with van der Waals surface area (Å²) in [5, 5.41) is 0. The van der Waals surface area contributed by atoms with E-state index in [4.69, 9.17) is 9.47 Å². The number of rotatable bonds is 2. The van der Waals surface area contributed by atoms with E-state index in [-0.39, 0.29) is 12.1 Å². The molecule has 0 radical (unpaired) electrons. The molecule has 0 saturated carbocycles. The largest absolute Gasteiger partial charge is 0.464 e. The summed E-state index contributed by atoms with van der Waals surface area (Å²) in [6, 6.07) is 5.49. The summed E-state index contributed by atoms with van der Waals surface area (Å²) in [7, 11) is 1.38. The van der Waals surface area contributed by atoms with Crippen LogP contribution in [0.1, 0.15) is 41.7 Å². The Balaban J connectivity index is 2.11. The lowest BCUT2D eigenvalue weighted by atomic mass is 10.1. The summed E-state index contributed by atoms with van der Waals surface area (Å²) in [6.45, 7) is 0.750. The van der Waals surface area contributed by atoms with E-state index in [1.165, 1.54) is 7.11 Å². The predicted molar refractivity (Wildman–Crippen MR) is 69.1 cm³/mol. The van der Waals surface area contributed by atoms with Crippen molar-refractivity contribution in [3.05, 3.63) is 35.9 Å². The van der Waals surface area contributed by atoms with E-state index in [2.05, 4.69) is 4.98 Å². The summed E-state index contributed by atoms with van der Waals surface area (Å²) in [4.78, 5) is 16.3. The fourth-order valence-corrected chi connectivity index (χ4v) is 2.51. The molecule has 5 heteroatoms. The van der Waals surface area contributed by atoms with Gasteiger partial charge in [-0.05, 0) is 31.4 Å². The number of hydrogen-bond donors (Lipinski definition) is 0. The Morgan fingerprint density at radius 3 is 3.11 bits per heavy atom. The van der Waals surface area contributed by atoms with Gasteiger partial charge in [-0.2, -0.15) is 0 Å². The minimum absolute atomic E-state index is 0.0398. The molecule has 1 fully saturated rings. The van der Waals surface area contributed by atoms with Gasteiger partial charge in [0.2, 0.25) is 0 Å². The summed E-state index contributed by atoms with van der Waals surface area (Å²) in [5.74, 6) is 0.427. The van der Waals surface area contributed by atoms with Gasteiger partial charge in [-0.1, -0.05) is 6.07 Å². The highest BCUT2D eigenvalue weighted by atomic mass is 16.5. The molecule has 1 atom stereocenters. The molecule has 1 saturated heterocycles. The molecule has 0 aliphatic carbocycles. The topological polar surface area (TPSA) is 52.8 Å². The van der Waals surface area contributed by atoms with Gasteiger partial charge in [0.15, 0.2) is 0 Å². The van der Waals surface area contributed by atoms with Crippen LogP contribution in [-0.2, 0) is 9.47 Å². The van der Waals surface area contributed by atoms with Crippen molar-refractivity contribution in [3.8, 4) is 0 Å². The van der Waals surface area contributed by atoms with Crippen LogP contribution in [0.3, 0.4) is 0 Å². The zero-order valence-electron chi connectivity index (χ0n) is 10.8. The molecule has 1 aliphatic rings. The number of ether oxygens (including phenoxy) is 2. The van der Waals surface area contributed by atoms with Crippen molar-refractivity contribution < 1.29 is 14.3 Å². The number of fused-ring (bicyclic) bond motifs is 1. The van der Waals surface area contributed by atoms with E-state index in [1.54, 1.807) is 12.3 Å². The Morgan fingerprint density at radius 2 is 2.37 bits per heavy atom. The second-order valence-corrected chi connectivity index (χ2v) is 4.63. The van der Waals surface area contributed by atoms with Crippen molar-refractivity contribution >= 4 is 11.5 Å². The van der Waals surface area contributed by atoms with Gasteiger partial charge in [-0.25, -0.2) is 9.78 Å². The van der Waals surface area contributed by atoms with Gasteiger partial charge < -0.3 is 9.47 Å². The molecular weight excluding hydrogens is 244 g/mol. The molecule has 100 valence electrons. The second kappa shape index (κ2) is 5.01. The van der Waals surface area contributed by atoms with Crippen molar-refractivity contribution in [2.45, 2.75) is 25.4 Å². The maximum Gasteiger partial charge on any atom is 0.355 e. The molecule has 0 spiro atoms. The Hall–Kier alpha value is -1.88. The quantitative estimate of drug-likeness (QED) is 0.778. The van der Waals surface area contributed by atoms with Crippen molar-refractivity contribution in [2.75, 3.05) is 13.7 Å². The van der Waals surface area contributed by atoms with Crippen molar-refractivity contribution in [2.24, 2.45) is 0 Å². The lowest BCUT2D eigenvalue weighted by Gasteiger charge is -2.22. The molecule has 2 aromatic rings. The Bertz CT molecular complexity index is 600. The van der Waals surface area contributed by atoms with Crippen LogP contribution in [0.15, 0.2) is 24.4 Å². The normalized spacial score (nSPS) is 19.5. The van der Waals surface area contributed by atoms with Crippen LogP contribution in [0.2, 0.25) is 0 Å². The first kappa shape index (κ1) is 12.2. The molecule has 1 aliphatic heterocycles. The standard InChI is InChI=1S/C14H16N2O3/c1-18-14(17)11-6-4-5-10-9-15-13(16(10)11)12-7-2-3-8-19-12/h4-6,9,12H,2-3,7-8H2,1H3. The zero-order valence-corrected chi connectivity index (χ0v) is 10.8. The minimum atomic E-state index is -0.361. The molecule has 0 bridgehead atoms. The van der Waals surface area contributed by atoms with E-state index in [0.717, 1.165) is 37.2 Å². The summed E-state index contributed by atoms with van der Waals surface area (Å²) < 4.78 is 12.4. The van der Waals surface area contributed by atoms with Crippen molar-refractivity contribution in [1.82, 2.24) is 9.38 Å². The number of methoxy groups -OCH3 is 1. The molecule has 1 unspecified atom stereocenters. The maximum absolute atomic E-state index is 11.8. The van der Waals surface area contributed by atoms with Gasteiger partial charge in [0.1, 0.15) is 17.6 Å². The monoisotopic (exact) mass is 260 g/mol. The smallest absolute Gasteiger partial charge is 0.355 e. The van der Waals surface area contributed by atoms with E-state index in [1.807, 2.05) is 16.5 Å². The van der Waals surface area contributed by atoms with Gasteiger partial charge in [-0.3, -0.25) is 4.40 Å². The molecule has 0 N–H and O–H groups in total. The number of pyridine rings is 1. The number of hydrogen-bond acceptors (Lipinski definition) is 4. The van der Waals surface area contributed by atoms with Crippen molar-refractivity contribution in [1.29, 1.82) is 0 Å². The first-order valence-electron chi connectivity index (χ1n) is 6.47. The minimum Gasteiger partial charge on any atom is -0.464 e. The molecular formula is C14H16N2O3. The third-order valence-electron chi connectivity index (χ3n) is 3.44. The Morgan fingerprint density at radius 1 is 1.47 bits per heavy atom. The Kier molecular flexibility index (Phi) is 3.21. The lowest BCUT2D eigenvalue weighted by molar-refractivity contribution is 0.00892. The van der Waals surface area contributed by atoms with Crippen LogP contribution < -0.4 is 0 Å². The Labute approximate surface area is 111 Å². The van der Waals surface area contributed by atoms with Gasteiger partial charge >= 0.3 is 5.97 Å². The second-order valence-electron chi connectivity index (χ2n) is 4.63. The maximum atomic E-state index is 11.8. The SMILES string of the molecule is COC(=O)c1cccc2cnc(C3CCCCO3)n12. The summed E-state index contributed by atoms with van der Waals surface area (Å²) in [6.07, 6.45) is 4.87. The highest BCUT2D eigenvalue weighted by molar-refractivity contribution is 5.88. The van der Waals surface area contributed by atoms with E-state index >= 15 is 0 Å². The fraction of sp³-hybridized carbons (Fsp3) is 0.429. The number of imidazole rings is 1. The summed E-state index contributed by atoms with van der Waals surface area (Å²) >= 11 is 0. The van der Waals surface area contributed by atoms with Gasteiger partial charge in [-0.15, -0.1) is 0 Å². The molecule has 5 nitrogen and oxygen atoms in total. The molecule has 0 aromatic carbocycles. The van der Waals surface area contributed by atoms with Crippen LogP contribution >= 0.6 is 0 Å². The summed E-state index contributed by atoms with van der Waals surface area (Å²) in [5.41, 5.74) is 1.37. The molecule has 3 heterocycles. The van der Waals surface area contributed by atoms with Crippen LogP contribution in [0, 0.1) is 0 Å². The molecule has 3 rings (SSSR count). The van der Waals surface area contributed by atoms with Crippen LogP contribution in [0.4, 0.5) is 0 Å². The van der Waals surface area contributed by atoms with Crippen molar-refractivity contribution in [3.63, 3.8) is 0 Å². The molecule has 19 heavy (non-hydrogen) atoms. The third kappa shape index (κ3) is 2.10. The highest BCUT2D eigenvalue weighted by Crippen LogP contribution is 2.28. The van der Waals surface area contributed by atoms with Crippen LogP contribution in [0.25, 0.3) is 5.52 Å². The predicted octanol–water partition coefficient (Wildman–Crippen LogP) is 2.36. The first-order valence-corrected chi connectivity index (χ1v) is 6.47. The third-order valence-corrected chi connectivity index (χ3v) is 3.44. The number of esters is 1. The average Bonchev–Trinajstić information content (AvgIpc) is 2.91. The van der Waals surface area contributed by atoms with Gasteiger partial charge in [0.05, 0.1) is 18.8 Å². The first-order chi connectivity index (χ1) is 9.31. The molecule has 0 amide bonds. The van der Waals surface area contributed by atoms with Crippen LogP contribution in [-0.4, -0.2) is 29.1 Å². The number of carbonyl (C=O) groups excluding carboxylic acids is 1. The number of carbonyl (C=O) groups is 1. The number of nitrogens with zero attached hydrogens (tertiary/aromatic N) is 2. The lowest BCUT2D eigenvalue weighted by Crippen LogP contribution is -2.17. The highest BCUT2D eigenvalue weighted by Gasteiger charge is 2.23.